The smallest absolute Gasteiger partial charge is 0.160 e. The van der Waals surface area contributed by atoms with E-state index in [1.165, 1.54) is 0 Å². The van der Waals surface area contributed by atoms with Crippen LogP contribution in [0.1, 0.15) is 22.6 Å². The number of imidazole rings is 1. The molecule has 0 saturated carbocycles. The molecular weight excluding hydrogens is 272 g/mol. The molecule has 0 aliphatic rings. The van der Waals surface area contributed by atoms with Crippen LogP contribution in [-0.2, 0) is 12.4 Å². The summed E-state index contributed by atoms with van der Waals surface area (Å²) >= 11 is 6.02. The van der Waals surface area contributed by atoms with Crippen LogP contribution in [0.4, 0.5) is 0 Å². The van der Waals surface area contributed by atoms with Gasteiger partial charge in [0.15, 0.2) is 5.65 Å². The Morgan fingerprint density at radius 3 is 2.70 bits per heavy atom. The average Bonchev–Trinajstić information content (AvgIpc) is 2.81. The second kappa shape index (κ2) is 5.21. The maximum Gasteiger partial charge on any atom is 0.160 e. The Bertz CT molecular complexity index is 746. The minimum Gasteiger partial charge on any atom is -0.307 e. The summed E-state index contributed by atoms with van der Waals surface area (Å²) in [5.41, 5.74) is 5.03. The molecule has 0 aliphatic heterocycles. The summed E-state index contributed by atoms with van der Waals surface area (Å²) < 4.78 is 2.06. The fourth-order valence-corrected chi connectivity index (χ4v) is 2.43. The van der Waals surface area contributed by atoms with Gasteiger partial charge in [0.2, 0.25) is 0 Å². The van der Waals surface area contributed by atoms with Gasteiger partial charge in [-0.3, -0.25) is 4.98 Å². The highest BCUT2D eigenvalue weighted by Gasteiger charge is 2.13. The number of aryl methyl sites for hydroxylation is 2. The van der Waals surface area contributed by atoms with Crippen molar-refractivity contribution in [3.05, 3.63) is 53.2 Å². The molecule has 0 spiro atoms. The van der Waals surface area contributed by atoms with E-state index >= 15 is 0 Å². The molecule has 0 aliphatic carbocycles. The van der Waals surface area contributed by atoms with Crippen molar-refractivity contribution in [2.75, 3.05) is 0 Å². The van der Waals surface area contributed by atoms with E-state index in [0.29, 0.717) is 12.4 Å². The van der Waals surface area contributed by atoms with Crippen LogP contribution in [0.3, 0.4) is 0 Å². The molecule has 0 unspecified atom stereocenters. The lowest BCUT2D eigenvalue weighted by Gasteiger charge is -2.07. The zero-order valence-corrected chi connectivity index (χ0v) is 12.2. The second-order valence-electron chi connectivity index (χ2n) is 4.86. The molecule has 0 radical (unpaired) electrons. The number of pyridine rings is 2. The van der Waals surface area contributed by atoms with Gasteiger partial charge in [0.05, 0.1) is 12.4 Å². The van der Waals surface area contributed by atoms with E-state index in [1.807, 2.05) is 32.2 Å². The van der Waals surface area contributed by atoms with Gasteiger partial charge in [-0.05, 0) is 37.1 Å². The van der Waals surface area contributed by atoms with Gasteiger partial charge in [-0.2, -0.15) is 0 Å². The lowest BCUT2D eigenvalue weighted by molar-refractivity contribution is 0.766. The van der Waals surface area contributed by atoms with Gasteiger partial charge >= 0.3 is 0 Å². The van der Waals surface area contributed by atoms with E-state index in [0.717, 1.165) is 33.8 Å². The van der Waals surface area contributed by atoms with Gasteiger partial charge < -0.3 is 4.57 Å². The Kier molecular flexibility index (Phi) is 3.40. The van der Waals surface area contributed by atoms with Gasteiger partial charge in [0, 0.05) is 18.1 Å². The van der Waals surface area contributed by atoms with Gasteiger partial charge in [-0.25, -0.2) is 9.97 Å². The van der Waals surface area contributed by atoms with Crippen molar-refractivity contribution in [2.45, 2.75) is 26.3 Å². The summed E-state index contributed by atoms with van der Waals surface area (Å²) in [5.74, 6) is 1.21. The highest BCUT2D eigenvalue weighted by Crippen LogP contribution is 2.20. The Balaban J connectivity index is 2.10. The van der Waals surface area contributed by atoms with Gasteiger partial charge in [0.1, 0.15) is 11.3 Å². The van der Waals surface area contributed by atoms with Gasteiger partial charge in [-0.1, -0.05) is 6.07 Å². The minimum atomic E-state index is 0.370. The Morgan fingerprint density at radius 2 is 2.00 bits per heavy atom. The van der Waals surface area contributed by atoms with Crippen LogP contribution in [0.25, 0.3) is 11.2 Å². The molecule has 0 fully saturated rings. The molecule has 0 saturated heterocycles. The number of hydrogen-bond donors (Lipinski definition) is 0. The van der Waals surface area contributed by atoms with Crippen molar-refractivity contribution >= 4 is 22.8 Å². The van der Waals surface area contributed by atoms with Crippen LogP contribution in [0.5, 0.6) is 0 Å². The summed E-state index contributed by atoms with van der Waals surface area (Å²) in [6.45, 7) is 4.70. The van der Waals surface area contributed by atoms with Crippen LogP contribution in [0.15, 0.2) is 30.6 Å². The molecule has 5 heteroatoms. The minimum absolute atomic E-state index is 0.370. The number of halogens is 1. The predicted octanol–water partition coefficient (Wildman–Crippen LogP) is 3.23. The van der Waals surface area contributed by atoms with E-state index in [2.05, 4.69) is 25.6 Å². The Hall–Kier alpha value is -1.94. The van der Waals surface area contributed by atoms with Crippen LogP contribution in [-0.4, -0.2) is 19.5 Å². The highest BCUT2D eigenvalue weighted by molar-refractivity contribution is 6.16. The second-order valence-corrected chi connectivity index (χ2v) is 5.12. The molecule has 102 valence electrons. The normalized spacial score (nSPS) is 11.2. The third-order valence-electron chi connectivity index (χ3n) is 3.35. The van der Waals surface area contributed by atoms with Crippen LogP contribution < -0.4 is 0 Å². The van der Waals surface area contributed by atoms with Crippen molar-refractivity contribution < 1.29 is 0 Å². The number of aromatic nitrogens is 4. The topological polar surface area (TPSA) is 43.6 Å². The monoisotopic (exact) mass is 286 g/mol. The van der Waals surface area contributed by atoms with Crippen molar-refractivity contribution in [1.29, 1.82) is 0 Å². The first-order chi connectivity index (χ1) is 9.69. The standard InChI is InChI=1S/C15H15ClN4/c1-10-5-6-17-15-14(10)19-13(7-16)20(15)9-12-4-3-11(2)18-8-12/h3-6,8H,7,9H2,1-2H3. The summed E-state index contributed by atoms with van der Waals surface area (Å²) in [5, 5.41) is 0. The summed E-state index contributed by atoms with van der Waals surface area (Å²) in [6, 6.07) is 6.04. The molecule has 3 aromatic rings. The van der Waals surface area contributed by atoms with E-state index in [-0.39, 0.29) is 0 Å². The molecule has 4 nitrogen and oxygen atoms in total. The van der Waals surface area contributed by atoms with Gasteiger partial charge in [0.25, 0.3) is 0 Å². The zero-order chi connectivity index (χ0) is 14.1. The number of fused-ring (bicyclic) bond motifs is 1. The molecule has 0 bridgehead atoms. The number of hydrogen-bond acceptors (Lipinski definition) is 3. The number of alkyl halides is 1. The molecule has 3 rings (SSSR count). The van der Waals surface area contributed by atoms with E-state index in [1.54, 1.807) is 6.20 Å². The third-order valence-corrected chi connectivity index (χ3v) is 3.59. The molecule has 20 heavy (non-hydrogen) atoms. The molecule has 0 atom stereocenters. The third kappa shape index (κ3) is 2.27. The number of nitrogens with zero attached hydrogens (tertiary/aromatic N) is 4. The van der Waals surface area contributed by atoms with Crippen LogP contribution >= 0.6 is 11.6 Å². The average molecular weight is 287 g/mol. The molecule has 3 aromatic heterocycles. The van der Waals surface area contributed by atoms with E-state index < -0.39 is 0 Å². The molecule has 3 heterocycles. The summed E-state index contributed by atoms with van der Waals surface area (Å²) in [7, 11) is 0. The van der Waals surface area contributed by atoms with Crippen LogP contribution in [0, 0.1) is 13.8 Å². The SMILES string of the molecule is Cc1ccc(Cn2c(CCl)nc3c(C)ccnc32)cn1. The molecule has 0 aromatic carbocycles. The van der Waals surface area contributed by atoms with E-state index in [4.69, 9.17) is 11.6 Å². The highest BCUT2D eigenvalue weighted by atomic mass is 35.5. The fraction of sp³-hybridized carbons (Fsp3) is 0.267. The van der Waals surface area contributed by atoms with Crippen LogP contribution in [0.2, 0.25) is 0 Å². The first kappa shape index (κ1) is 13.1. The van der Waals surface area contributed by atoms with Crippen molar-refractivity contribution in [3.8, 4) is 0 Å². The molecule has 0 amide bonds. The Morgan fingerprint density at radius 1 is 1.15 bits per heavy atom. The van der Waals surface area contributed by atoms with Gasteiger partial charge in [-0.15, -0.1) is 11.6 Å². The molecule has 0 N–H and O–H groups in total. The number of rotatable bonds is 3. The largest absolute Gasteiger partial charge is 0.307 e. The van der Waals surface area contributed by atoms with Crippen molar-refractivity contribution in [3.63, 3.8) is 0 Å². The maximum atomic E-state index is 6.02. The quantitative estimate of drug-likeness (QED) is 0.694. The fourth-order valence-electron chi connectivity index (χ4n) is 2.23. The molecular formula is C15H15ClN4. The lowest BCUT2D eigenvalue weighted by atomic mass is 10.2. The summed E-state index contributed by atoms with van der Waals surface area (Å²) in [4.78, 5) is 13.4. The first-order valence-corrected chi connectivity index (χ1v) is 7.00. The summed E-state index contributed by atoms with van der Waals surface area (Å²) in [6.07, 6.45) is 3.69. The maximum absolute atomic E-state index is 6.02. The first-order valence-electron chi connectivity index (χ1n) is 6.47. The zero-order valence-electron chi connectivity index (χ0n) is 11.5. The Labute approximate surface area is 122 Å². The lowest BCUT2D eigenvalue weighted by Crippen LogP contribution is -2.05. The van der Waals surface area contributed by atoms with Crippen molar-refractivity contribution in [2.24, 2.45) is 0 Å². The predicted molar refractivity (Wildman–Crippen MR) is 79.9 cm³/mol. The van der Waals surface area contributed by atoms with E-state index in [9.17, 15) is 0 Å². The van der Waals surface area contributed by atoms with Crippen molar-refractivity contribution in [1.82, 2.24) is 19.5 Å².